The maximum absolute atomic E-state index is 6.42. The standard InChI is InChI=1S/C15H25BrN2S/c1-3-13(17)15(14-9-12(16)10-19-14)18-7-4-5-11(2)6-8-18/h9-11,13,15H,3-8,17H2,1-2H3. The van der Waals surface area contributed by atoms with Crippen molar-refractivity contribution in [2.45, 2.75) is 51.6 Å². The minimum Gasteiger partial charge on any atom is -0.326 e. The molecule has 1 aliphatic heterocycles. The minimum absolute atomic E-state index is 0.235. The number of rotatable bonds is 4. The van der Waals surface area contributed by atoms with Crippen LogP contribution in [0.4, 0.5) is 0 Å². The molecule has 2 nitrogen and oxygen atoms in total. The van der Waals surface area contributed by atoms with Crippen LogP contribution in [0.2, 0.25) is 0 Å². The Morgan fingerprint density at radius 3 is 2.89 bits per heavy atom. The summed E-state index contributed by atoms with van der Waals surface area (Å²) in [4.78, 5) is 4.03. The highest BCUT2D eigenvalue weighted by Gasteiger charge is 2.28. The average molecular weight is 345 g/mol. The van der Waals surface area contributed by atoms with Crippen LogP contribution in [-0.4, -0.2) is 24.0 Å². The first-order valence-corrected chi connectivity index (χ1v) is 9.02. The van der Waals surface area contributed by atoms with Crippen molar-refractivity contribution >= 4 is 27.3 Å². The van der Waals surface area contributed by atoms with Crippen LogP contribution in [0.15, 0.2) is 15.9 Å². The number of likely N-dealkylation sites (tertiary alicyclic amines) is 1. The first kappa shape index (κ1) is 15.5. The summed E-state index contributed by atoms with van der Waals surface area (Å²) < 4.78 is 1.18. The quantitative estimate of drug-likeness (QED) is 0.876. The zero-order chi connectivity index (χ0) is 13.8. The molecule has 1 aromatic heterocycles. The molecule has 0 saturated carbocycles. The molecule has 0 aliphatic carbocycles. The number of hydrogen-bond donors (Lipinski definition) is 1. The molecule has 0 amide bonds. The predicted molar refractivity (Wildman–Crippen MR) is 87.6 cm³/mol. The van der Waals surface area contributed by atoms with Gasteiger partial charge in [-0.2, -0.15) is 0 Å². The smallest absolute Gasteiger partial charge is 0.0593 e. The van der Waals surface area contributed by atoms with Crippen LogP contribution in [0.3, 0.4) is 0 Å². The summed E-state index contributed by atoms with van der Waals surface area (Å²) in [7, 11) is 0. The van der Waals surface area contributed by atoms with Gasteiger partial charge in [-0.3, -0.25) is 4.90 Å². The van der Waals surface area contributed by atoms with E-state index in [0.29, 0.717) is 6.04 Å². The first-order chi connectivity index (χ1) is 9.11. The lowest BCUT2D eigenvalue weighted by Gasteiger charge is -2.34. The average Bonchev–Trinajstić information content (AvgIpc) is 2.69. The van der Waals surface area contributed by atoms with Gasteiger partial charge in [-0.15, -0.1) is 11.3 Å². The van der Waals surface area contributed by atoms with E-state index in [1.54, 1.807) is 0 Å². The summed E-state index contributed by atoms with van der Waals surface area (Å²) in [5.74, 6) is 0.860. The van der Waals surface area contributed by atoms with Crippen molar-refractivity contribution in [3.8, 4) is 0 Å². The van der Waals surface area contributed by atoms with E-state index >= 15 is 0 Å². The number of thiophene rings is 1. The van der Waals surface area contributed by atoms with Crippen LogP contribution in [0, 0.1) is 5.92 Å². The summed E-state index contributed by atoms with van der Waals surface area (Å²) in [6, 6.07) is 2.88. The summed E-state index contributed by atoms with van der Waals surface area (Å²) in [6.45, 7) is 6.95. The summed E-state index contributed by atoms with van der Waals surface area (Å²) in [5, 5.41) is 2.17. The third-order valence-corrected chi connectivity index (χ3v) is 5.97. The lowest BCUT2D eigenvalue weighted by molar-refractivity contribution is 0.176. The molecule has 0 aromatic carbocycles. The van der Waals surface area contributed by atoms with Crippen LogP contribution in [0.5, 0.6) is 0 Å². The van der Waals surface area contributed by atoms with Crippen LogP contribution < -0.4 is 5.73 Å². The SMILES string of the molecule is CCC(N)C(c1cc(Br)cs1)N1CCCC(C)CC1. The second-order valence-electron chi connectivity index (χ2n) is 5.76. The van der Waals surface area contributed by atoms with Gasteiger partial charge >= 0.3 is 0 Å². The fraction of sp³-hybridized carbons (Fsp3) is 0.733. The van der Waals surface area contributed by atoms with Gasteiger partial charge in [0, 0.05) is 20.8 Å². The van der Waals surface area contributed by atoms with Gasteiger partial charge in [0.1, 0.15) is 0 Å². The third-order valence-electron chi connectivity index (χ3n) is 4.20. The van der Waals surface area contributed by atoms with Gasteiger partial charge < -0.3 is 5.73 Å². The largest absolute Gasteiger partial charge is 0.326 e. The molecule has 3 atom stereocenters. The number of nitrogens with two attached hydrogens (primary N) is 1. The van der Waals surface area contributed by atoms with Gasteiger partial charge in [0.05, 0.1) is 6.04 Å². The van der Waals surface area contributed by atoms with Gasteiger partial charge in [0.2, 0.25) is 0 Å². The van der Waals surface area contributed by atoms with Crippen molar-refractivity contribution in [2.24, 2.45) is 11.7 Å². The van der Waals surface area contributed by atoms with Gasteiger partial charge in [0.15, 0.2) is 0 Å². The molecule has 1 aliphatic rings. The van der Waals surface area contributed by atoms with E-state index in [4.69, 9.17) is 5.73 Å². The minimum atomic E-state index is 0.235. The maximum Gasteiger partial charge on any atom is 0.0593 e. The van der Waals surface area contributed by atoms with E-state index in [9.17, 15) is 0 Å². The van der Waals surface area contributed by atoms with Crippen molar-refractivity contribution in [3.05, 3.63) is 20.8 Å². The molecule has 4 heteroatoms. The Labute approximate surface area is 129 Å². The van der Waals surface area contributed by atoms with Crippen LogP contribution >= 0.6 is 27.3 Å². The van der Waals surface area contributed by atoms with Gasteiger partial charge in [-0.1, -0.05) is 13.8 Å². The van der Waals surface area contributed by atoms with E-state index < -0.39 is 0 Å². The molecule has 2 rings (SSSR count). The highest BCUT2D eigenvalue weighted by Crippen LogP contribution is 2.34. The van der Waals surface area contributed by atoms with Gasteiger partial charge in [-0.05, 0) is 66.7 Å². The molecule has 0 spiro atoms. The van der Waals surface area contributed by atoms with E-state index in [0.717, 1.165) is 12.3 Å². The summed E-state index contributed by atoms with van der Waals surface area (Å²) in [6.07, 6.45) is 5.01. The molecule has 3 unspecified atom stereocenters. The second-order valence-corrected chi connectivity index (χ2v) is 7.61. The zero-order valence-electron chi connectivity index (χ0n) is 11.9. The van der Waals surface area contributed by atoms with Crippen LogP contribution in [0.1, 0.15) is 50.4 Å². The van der Waals surface area contributed by atoms with Crippen LogP contribution in [0.25, 0.3) is 0 Å². The van der Waals surface area contributed by atoms with Gasteiger partial charge in [-0.25, -0.2) is 0 Å². The lowest BCUT2D eigenvalue weighted by atomic mass is 10.0. The topological polar surface area (TPSA) is 29.3 Å². The Morgan fingerprint density at radius 1 is 1.47 bits per heavy atom. The second kappa shape index (κ2) is 7.21. The Morgan fingerprint density at radius 2 is 2.26 bits per heavy atom. The number of hydrogen-bond acceptors (Lipinski definition) is 3. The summed E-state index contributed by atoms with van der Waals surface area (Å²) >= 11 is 5.41. The molecule has 1 fully saturated rings. The van der Waals surface area contributed by atoms with E-state index in [-0.39, 0.29) is 6.04 Å². The molecule has 19 heavy (non-hydrogen) atoms. The van der Waals surface area contributed by atoms with E-state index in [1.165, 1.54) is 41.7 Å². The molecule has 2 heterocycles. The Balaban J connectivity index is 2.17. The van der Waals surface area contributed by atoms with Crippen molar-refractivity contribution in [2.75, 3.05) is 13.1 Å². The highest BCUT2D eigenvalue weighted by atomic mass is 79.9. The monoisotopic (exact) mass is 344 g/mol. The molecular formula is C15H25BrN2S. The Kier molecular flexibility index (Phi) is 5.87. The molecule has 108 valence electrons. The molecule has 1 saturated heterocycles. The first-order valence-electron chi connectivity index (χ1n) is 7.35. The third kappa shape index (κ3) is 4.03. The van der Waals surface area contributed by atoms with Crippen LogP contribution in [-0.2, 0) is 0 Å². The molecular weight excluding hydrogens is 320 g/mol. The summed E-state index contributed by atoms with van der Waals surface area (Å²) in [5.41, 5.74) is 6.42. The van der Waals surface area contributed by atoms with E-state index in [2.05, 4.69) is 46.1 Å². The number of nitrogens with zero attached hydrogens (tertiary/aromatic N) is 1. The zero-order valence-corrected chi connectivity index (χ0v) is 14.3. The normalized spacial score (nSPS) is 24.9. The molecule has 0 bridgehead atoms. The molecule has 2 N–H and O–H groups in total. The molecule has 1 aromatic rings. The highest BCUT2D eigenvalue weighted by molar-refractivity contribution is 9.10. The predicted octanol–water partition coefficient (Wildman–Crippen LogP) is 4.41. The van der Waals surface area contributed by atoms with Crippen molar-refractivity contribution in [1.82, 2.24) is 4.90 Å². The molecule has 0 radical (unpaired) electrons. The fourth-order valence-corrected chi connectivity index (χ4v) is 4.59. The van der Waals surface area contributed by atoms with Crippen molar-refractivity contribution in [1.29, 1.82) is 0 Å². The van der Waals surface area contributed by atoms with Gasteiger partial charge in [0.25, 0.3) is 0 Å². The van der Waals surface area contributed by atoms with Crippen molar-refractivity contribution in [3.63, 3.8) is 0 Å². The number of halogens is 1. The van der Waals surface area contributed by atoms with Crippen molar-refractivity contribution < 1.29 is 0 Å². The lowest BCUT2D eigenvalue weighted by Crippen LogP contribution is -2.41. The fourth-order valence-electron chi connectivity index (χ4n) is 2.93. The van der Waals surface area contributed by atoms with E-state index in [1.807, 2.05) is 11.3 Å². The Bertz CT molecular complexity index is 393. The maximum atomic E-state index is 6.42. The Hall–Kier alpha value is 0.1000.